The third-order valence-corrected chi connectivity index (χ3v) is 4.19. The molecule has 0 unspecified atom stereocenters. The first-order chi connectivity index (χ1) is 13.6. The van der Waals surface area contributed by atoms with Crippen molar-refractivity contribution in [3.05, 3.63) is 77.1 Å². The van der Waals surface area contributed by atoms with Gasteiger partial charge in [-0.1, -0.05) is 29.8 Å². The summed E-state index contributed by atoms with van der Waals surface area (Å²) in [5, 5.41) is 10.3. The van der Waals surface area contributed by atoms with Crippen LogP contribution < -0.4 is 15.4 Å². The van der Waals surface area contributed by atoms with E-state index in [1.54, 1.807) is 35.1 Å². The van der Waals surface area contributed by atoms with Crippen LogP contribution in [0.1, 0.15) is 20.8 Å². The molecular formula is C20H19ClN4O3. The molecule has 2 aromatic carbocycles. The summed E-state index contributed by atoms with van der Waals surface area (Å²) in [5.41, 5.74) is 1.49. The molecule has 0 spiro atoms. The van der Waals surface area contributed by atoms with Crippen LogP contribution in [0.25, 0.3) is 5.69 Å². The van der Waals surface area contributed by atoms with Crippen LogP contribution in [0.2, 0.25) is 5.02 Å². The number of ether oxygens (including phenoxy) is 1. The molecule has 0 saturated carbocycles. The van der Waals surface area contributed by atoms with E-state index >= 15 is 0 Å². The second-order valence-corrected chi connectivity index (χ2v) is 6.28. The Morgan fingerprint density at radius 3 is 2.29 bits per heavy atom. The van der Waals surface area contributed by atoms with Crippen molar-refractivity contribution in [1.82, 2.24) is 20.4 Å². The summed E-state index contributed by atoms with van der Waals surface area (Å²) in [7, 11) is 1.48. The predicted molar refractivity (Wildman–Crippen MR) is 106 cm³/mol. The second kappa shape index (κ2) is 9.05. The van der Waals surface area contributed by atoms with Crippen LogP contribution in [0, 0.1) is 0 Å². The summed E-state index contributed by atoms with van der Waals surface area (Å²) < 4.78 is 6.84. The fourth-order valence-electron chi connectivity index (χ4n) is 2.52. The van der Waals surface area contributed by atoms with Gasteiger partial charge >= 0.3 is 0 Å². The first kappa shape index (κ1) is 19.4. The van der Waals surface area contributed by atoms with Crippen LogP contribution in [-0.2, 0) is 0 Å². The van der Waals surface area contributed by atoms with E-state index in [2.05, 4.69) is 15.7 Å². The lowest BCUT2D eigenvalue weighted by molar-refractivity contribution is 0.0923. The molecule has 28 heavy (non-hydrogen) atoms. The largest absolute Gasteiger partial charge is 0.493 e. The molecule has 2 N–H and O–H groups in total. The van der Waals surface area contributed by atoms with E-state index in [4.69, 9.17) is 16.3 Å². The van der Waals surface area contributed by atoms with Gasteiger partial charge in [-0.05, 0) is 36.4 Å². The second-order valence-electron chi connectivity index (χ2n) is 5.84. The maximum Gasteiger partial charge on any atom is 0.275 e. The molecule has 8 heteroatoms. The minimum Gasteiger partial charge on any atom is -0.493 e. The molecule has 0 radical (unpaired) electrons. The van der Waals surface area contributed by atoms with E-state index in [1.165, 1.54) is 7.11 Å². The van der Waals surface area contributed by atoms with Crippen molar-refractivity contribution in [3.63, 3.8) is 0 Å². The summed E-state index contributed by atoms with van der Waals surface area (Å²) in [4.78, 5) is 24.5. The van der Waals surface area contributed by atoms with Crippen LogP contribution in [0.3, 0.4) is 0 Å². The topological polar surface area (TPSA) is 85.2 Å². The van der Waals surface area contributed by atoms with E-state index in [0.717, 1.165) is 5.69 Å². The molecule has 0 aliphatic rings. The zero-order chi connectivity index (χ0) is 19.9. The number of hydrogen-bond donors (Lipinski definition) is 2. The number of aromatic nitrogens is 2. The van der Waals surface area contributed by atoms with Gasteiger partial charge in [0.05, 0.1) is 19.0 Å². The summed E-state index contributed by atoms with van der Waals surface area (Å²) >= 11 is 5.80. The number of rotatable bonds is 7. The molecule has 3 aromatic rings. The van der Waals surface area contributed by atoms with E-state index in [-0.39, 0.29) is 30.6 Å². The Kier molecular flexibility index (Phi) is 6.29. The van der Waals surface area contributed by atoms with Crippen LogP contribution in [0.4, 0.5) is 0 Å². The number of para-hydroxylation sites is 1. The van der Waals surface area contributed by atoms with Crippen molar-refractivity contribution in [3.8, 4) is 11.4 Å². The van der Waals surface area contributed by atoms with Crippen LogP contribution in [-0.4, -0.2) is 41.8 Å². The van der Waals surface area contributed by atoms with Crippen molar-refractivity contribution in [2.24, 2.45) is 0 Å². The Morgan fingerprint density at radius 1 is 1.00 bits per heavy atom. The van der Waals surface area contributed by atoms with Crippen molar-refractivity contribution in [2.75, 3.05) is 20.2 Å². The molecule has 144 valence electrons. The highest BCUT2D eigenvalue weighted by molar-refractivity contribution is 6.30. The van der Waals surface area contributed by atoms with E-state index in [9.17, 15) is 9.59 Å². The zero-order valence-electron chi connectivity index (χ0n) is 15.2. The molecule has 7 nitrogen and oxygen atoms in total. The van der Waals surface area contributed by atoms with Gasteiger partial charge in [0.15, 0.2) is 11.4 Å². The maximum atomic E-state index is 12.4. The highest BCUT2D eigenvalue weighted by Gasteiger charge is 2.18. The summed E-state index contributed by atoms with van der Waals surface area (Å²) in [6.07, 6.45) is 1.65. The first-order valence-electron chi connectivity index (χ1n) is 8.59. The number of carbonyl (C=O) groups excluding carboxylic acids is 2. The summed E-state index contributed by atoms with van der Waals surface area (Å²) in [6, 6.07) is 16.0. The third kappa shape index (κ3) is 4.69. The Bertz CT molecular complexity index is 955. The standard InChI is InChI=1S/C20H19ClN4O3/c1-28-17-13-25(16-5-3-2-4-6-16)24-18(17)20(27)23-12-11-22-19(26)14-7-9-15(21)10-8-14/h2-10,13H,11-12H2,1H3,(H,22,26)(H,23,27). The highest BCUT2D eigenvalue weighted by Crippen LogP contribution is 2.19. The number of nitrogens with one attached hydrogen (secondary N) is 2. The fourth-order valence-corrected chi connectivity index (χ4v) is 2.64. The Balaban J connectivity index is 1.55. The summed E-state index contributed by atoms with van der Waals surface area (Å²) in [5.74, 6) is -0.254. The molecule has 1 aromatic heterocycles. The summed E-state index contributed by atoms with van der Waals surface area (Å²) in [6.45, 7) is 0.522. The van der Waals surface area contributed by atoms with Gasteiger partial charge in [-0.25, -0.2) is 4.68 Å². The van der Waals surface area contributed by atoms with Gasteiger partial charge in [-0.3, -0.25) is 9.59 Å². The van der Waals surface area contributed by atoms with Crippen molar-refractivity contribution in [1.29, 1.82) is 0 Å². The monoisotopic (exact) mass is 398 g/mol. The number of amides is 2. The van der Waals surface area contributed by atoms with Crippen molar-refractivity contribution < 1.29 is 14.3 Å². The van der Waals surface area contributed by atoms with E-state index in [1.807, 2.05) is 30.3 Å². The molecule has 0 bridgehead atoms. The van der Waals surface area contributed by atoms with Gasteiger partial charge < -0.3 is 15.4 Å². The zero-order valence-corrected chi connectivity index (χ0v) is 15.9. The average Bonchev–Trinajstić information content (AvgIpc) is 3.17. The molecule has 0 atom stereocenters. The lowest BCUT2D eigenvalue weighted by Gasteiger charge is -2.07. The van der Waals surface area contributed by atoms with Crippen LogP contribution >= 0.6 is 11.6 Å². The van der Waals surface area contributed by atoms with Crippen LogP contribution in [0.5, 0.6) is 5.75 Å². The van der Waals surface area contributed by atoms with Crippen molar-refractivity contribution >= 4 is 23.4 Å². The number of benzene rings is 2. The number of methoxy groups -OCH3 is 1. The normalized spacial score (nSPS) is 10.4. The van der Waals surface area contributed by atoms with E-state index in [0.29, 0.717) is 16.3 Å². The lowest BCUT2D eigenvalue weighted by Crippen LogP contribution is -2.35. The Morgan fingerprint density at radius 2 is 1.64 bits per heavy atom. The Hall–Kier alpha value is -3.32. The Labute approximate surface area is 167 Å². The maximum absolute atomic E-state index is 12.4. The minimum absolute atomic E-state index is 0.176. The number of carbonyl (C=O) groups is 2. The number of hydrogen-bond acceptors (Lipinski definition) is 4. The quantitative estimate of drug-likeness (QED) is 0.599. The SMILES string of the molecule is COc1cn(-c2ccccc2)nc1C(=O)NCCNC(=O)c1ccc(Cl)cc1. The van der Waals surface area contributed by atoms with Crippen LogP contribution in [0.15, 0.2) is 60.8 Å². The minimum atomic E-state index is -0.382. The third-order valence-electron chi connectivity index (χ3n) is 3.94. The molecule has 3 rings (SSSR count). The van der Waals surface area contributed by atoms with E-state index < -0.39 is 0 Å². The van der Waals surface area contributed by atoms with Gasteiger partial charge in [-0.15, -0.1) is 0 Å². The van der Waals surface area contributed by atoms with Gasteiger partial charge in [-0.2, -0.15) is 5.10 Å². The number of halogens is 1. The average molecular weight is 399 g/mol. The first-order valence-corrected chi connectivity index (χ1v) is 8.97. The van der Waals surface area contributed by atoms with Crippen molar-refractivity contribution in [2.45, 2.75) is 0 Å². The predicted octanol–water partition coefficient (Wildman–Crippen LogP) is 2.69. The molecule has 0 fully saturated rings. The van der Waals surface area contributed by atoms with Gasteiger partial charge in [0.2, 0.25) is 0 Å². The molecule has 0 aliphatic heterocycles. The number of nitrogens with zero attached hydrogens (tertiary/aromatic N) is 2. The smallest absolute Gasteiger partial charge is 0.275 e. The molecule has 0 saturated heterocycles. The van der Waals surface area contributed by atoms with Gasteiger partial charge in [0.1, 0.15) is 0 Å². The van der Waals surface area contributed by atoms with Gasteiger partial charge in [0, 0.05) is 23.7 Å². The molecule has 2 amide bonds. The molecule has 1 heterocycles. The van der Waals surface area contributed by atoms with Gasteiger partial charge in [0.25, 0.3) is 11.8 Å². The fraction of sp³-hybridized carbons (Fsp3) is 0.150. The lowest BCUT2D eigenvalue weighted by atomic mass is 10.2. The molecule has 0 aliphatic carbocycles. The molecular weight excluding hydrogens is 380 g/mol. The highest BCUT2D eigenvalue weighted by atomic mass is 35.5.